The minimum Gasteiger partial charge on any atom is -0.355 e. The van der Waals surface area contributed by atoms with Gasteiger partial charge in [0.1, 0.15) is 5.82 Å². The summed E-state index contributed by atoms with van der Waals surface area (Å²) in [6.07, 6.45) is -2.46. The molecule has 1 atom stereocenters. The molecule has 1 fully saturated rings. The van der Waals surface area contributed by atoms with Gasteiger partial charge in [-0.3, -0.25) is 4.79 Å². The molecule has 5 nitrogen and oxygen atoms in total. The summed E-state index contributed by atoms with van der Waals surface area (Å²) in [6.45, 7) is 3.58. The molecule has 2 heterocycles. The molecule has 1 aromatic rings. The van der Waals surface area contributed by atoms with E-state index in [2.05, 4.69) is 15.6 Å². The minimum atomic E-state index is -4.47. The van der Waals surface area contributed by atoms with E-state index in [-0.39, 0.29) is 22.9 Å². The summed E-state index contributed by atoms with van der Waals surface area (Å²) < 4.78 is 38.0. The number of aromatic nitrogens is 1. The van der Waals surface area contributed by atoms with Crippen LogP contribution in [-0.2, 0) is 11.0 Å². The highest BCUT2D eigenvalue weighted by Crippen LogP contribution is 2.34. The van der Waals surface area contributed by atoms with E-state index in [4.69, 9.17) is 11.6 Å². The van der Waals surface area contributed by atoms with E-state index in [9.17, 15) is 18.0 Å². The molecule has 1 amide bonds. The number of pyridine rings is 1. The van der Waals surface area contributed by atoms with Gasteiger partial charge in [-0.2, -0.15) is 13.2 Å². The summed E-state index contributed by atoms with van der Waals surface area (Å²) in [6, 6.07) is 1.08. The van der Waals surface area contributed by atoms with E-state index < -0.39 is 11.7 Å². The van der Waals surface area contributed by atoms with Gasteiger partial charge in [0.25, 0.3) is 0 Å². The van der Waals surface area contributed by atoms with Crippen LogP contribution in [0.15, 0.2) is 12.3 Å². The van der Waals surface area contributed by atoms with Crippen LogP contribution in [-0.4, -0.2) is 43.6 Å². The van der Waals surface area contributed by atoms with Gasteiger partial charge >= 0.3 is 6.18 Å². The van der Waals surface area contributed by atoms with Crippen LogP contribution < -0.4 is 15.5 Å². The number of nitrogens with zero attached hydrogens (tertiary/aromatic N) is 2. The Kier molecular flexibility index (Phi) is 6.51. The van der Waals surface area contributed by atoms with Gasteiger partial charge in [-0.15, -0.1) is 0 Å². The Labute approximate surface area is 149 Å². The third kappa shape index (κ3) is 5.22. The van der Waals surface area contributed by atoms with Gasteiger partial charge in [-0.05, 0) is 32.9 Å². The molecule has 1 aliphatic heterocycles. The van der Waals surface area contributed by atoms with Crippen LogP contribution in [0.25, 0.3) is 0 Å². The molecule has 1 aromatic heterocycles. The third-order valence-corrected chi connectivity index (χ3v) is 4.67. The standard InChI is InChI=1S/C16H22ClF3N4O/c1-10(21-2)8-23-15(25)11-3-5-24(6-4-11)14-13(17)7-12(9-22-14)16(18,19)20/h7,9-11,21H,3-6,8H2,1-2H3,(H,23,25). The Balaban J connectivity index is 1.93. The van der Waals surface area contributed by atoms with Crippen molar-refractivity contribution in [3.63, 3.8) is 0 Å². The summed E-state index contributed by atoms with van der Waals surface area (Å²) in [5.74, 6) is 0.235. The van der Waals surface area contributed by atoms with Gasteiger partial charge in [-0.25, -0.2) is 4.98 Å². The lowest BCUT2D eigenvalue weighted by Gasteiger charge is -2.32. The molecule has 2 rings (SSSR count). The maximum Gasteiger partial charge on any atom is 0.417 e. The summed E-state index contributed by atoms with van der Waals surface area (Å²) >= 11 is 5.98. The highest BCUT2D eigenvalue weighted by atomic mass is 35.5. The fourth-order valence-electron chi connectivity index (χ4n) is 2.67. The minimum absolute atomic E-state index is 0.00762. The Morgan fingerprint density at radius 3 is 2.60 bits per heavy atom. The third-order valence-electron chi connectivity index (χ3n) is 4.39. The van der Waals surface area contributed by atoms with Crippen LogP contribution >= 0.6 is 11.6 Å². The number of hydrogen-bond acceptors (Lipinski definition) is 4. The largest absolute Gasteiger partial charge is 0.417 e. The van der Waals surface area contributed by atoms with Crippen molar-refractivity contribution in [2.75, 3.05) is 31.6 Å². The predicted molar refractivity (Wildman–Crippen MR) is 90.7 cm³/mol. The lowest BCUT2D eigenvalue weighted by molar-refractivity contribution is -0.137. The highest BCUT2D eigenvalue weighted by Gasteiger charge is 2.33. The first kappa shape index (κ1) is 19.8. The van der Waals surface area contributed by atoms with Gasteiger partial charge in [0.2, 0.25) is 5.91 Å². The van der Waals surface area contributed by atoms with Crippen molar-refractivity contribution in [2.24, 2.45) is 5.92 Å². The molecule has 0 bridgehead atoms. The number of likely N-dealkylation sites (N-methyl/N-ethyl adjacent to an activating group) is 1. The average molecular weight is 379 g/mol. The Morgan fingerprint density at radius 1 is 1.44 bits per heavy atom. The van der Waals surface area contributed by atoms with E-state index in [1.54, 1.807) is 0 Å². The van der Waals surface area contributed by atoms with Gasteiger partial charge < -0.3 is 15.5 Å². The van der Waals surface area contributed by atoms with E-state index >= 15 is 0 Å². The van der Waals surface area contributed by atoms with Crippen LogP contribution in [0.1, 0.15) is 25.3 Å². The molecular weight excluding hydrogens is 357 g/mol. The topological polar surface area (TPSA) is 57.3 Å². The van der Waals surface area contributed by atoms with Crippen molar-refractivity contribution in [2.45, 2.75) is 32.0 Å². The lowest BCUT2D eigenvalue weighted by atomic mass is 9.96. The Morgan fingerprint density at radius 2 is 2.08 bits per heavy atom. The fourth-order valence-corrected chi connectivity index (χ4v) is 2.96. The number of halogens is 4. The molecular formula is C16H22ClF3N4O. The lowest BCUT2D eigenvalue weighted by Crippen LogP contribution is -2.44. The van der Waals surface area contributed by atoms with E-state index in [1.165, 1.54) is 0 Å². The van der Waals surface area contributed by atoms with Gasteiger partial charge in [-0.1, -0.05) is 11.6 Å². The predicted octanol–water partition coefficient (Wildman–Crippen LogP) is 2.69. The SMILES string of the molecule is CNC(C)CNC(=O)C1CCN(c2ncc(C(F)(F)F)cc2Cl)CC1. The number of nitrogens with one attached hydrogen (secondary N) is 2. The first-order chi connectivity index (χ1) is 11.7. The van der Waals surface area contributed by atoms with Crippen molar-refractivity contribution >= 4 is 23.3 Å². The summed E-state index contributed by atoms with van der Waals surface area (Å²) in [4.78, 5) is 17.9. The quantitative estimate of drug-likeness (QED) is 0.827. The summed E-state index contributed by atoms with van der Waals surface area (Å²) in [5, 5.41) is 5.93. The van der Waals surface area contributed by atoms with Crippen molar-refractivity contribution < 1.29 is 18.0 Å². The van der Waals surface area contributed by atoms with E-state index in [0.29, 0.717) is 38.3 Å². The second-order valence-electron chi connectivity index (χ2n) is 6.22. The number of hydrogen-bond donors (Lipinski definition) is 2. The molecule has 0 aliphatic carbocycles. The zero-order chi connectivity index (χ0) is 18.6. The number of carbonyl (C=O) groups is 1. The maximum absolute atomic E-state index is 12.7. The van der Waals surface area contributed by atoms with Crippen molar-refractivity contribution in [1.82, 2.24) is 15.6 Å². The first-order valence-electron chi connectivity index (χ1n) is 8.15. The van der Waals surface area contributed by atoms with Gasteiger partial charge in [0.05, 0.1) is 10.6 Å². The van der Waals surface area contributed by atoms with Gasteiger partial charge in [0.15, 0.2) is 0 Å². The normalized spacial score (nSPS) is 17.4. The van der Waals surface area contributed by atoms with Crippen molar-refractivity contribution in [1.29, 1.82) is 0 Å². The number of anilines is 1. The average Bonchev–Trinajstić information content (AvgIpc) is 2.58. The second kappa shape index (κ2) is 8.23. The summed E-state index contributed by atoms with van der Waals surface area (Å²) in [5.41, 5.74) is -0.867. The highest BCUT2D eigenvalue weighted by molar-refractivity contribution is 6.33. The van der Waals surface area contributed by atoms with Crippen LogP contribution in [0.2, 0.25) is 5.02 Å². The Hall–Kier alpha value is -1.54. The molecule has 2 N–H and O–H groups in total. The zero-order valence-corrected chi connectivity index (χ0v) is 14.9. The zero-order valence-electron chi connectivity index (χ0n) is 14.2. The maximum atomic E-state index is 12.7. The van der Waals surface area contributed by atoms with Crippen LogP contribution in [0.5, 0.6) is 0 Å². The molecule has 25 heavy (non-hydrogen) atoms. The molecule has 1 aliphatic rings. The molecule has 0 saturated carbocycles. The van der Waals surface area contributed by atoms with Crippen molar-refractivity contribution in [3.8, 4) is 0 Å². The number of amides is 1. The number of rotatable bonds is 5. The molecule has 9 heteroatoms. The van der Waals surface area contributed by atoms with Crippen LogP contribution in [0, 0.1) is 5.92 Å². The first-order valence-corrected chi connectivity index (χ1v) is 8.52. The second-order valence-corrected chi connectivity index (χ2v) is 6.63. The fraction of sp³-hybridized carbons (Fsp3) is 0.625. The monoisotopic (exact) mass is 378 g/mol. The number of carbonyl (C=O) groups excluding carboxylic acids is 1. The summed E-state index contributed by atoms with van der Waals surface area (Å²) in [7, 11) is 1.83. The van der Waals surface area contributed by atoms with Crippen LogP contribution in [0.3, 0.4) is 0 Å². The number of alkyl halides is 3. The molecule has 0 radical (unpaired) electrons. The Bertz CT molecular complexity index is 604. The smallest absolute Gasteiger partial charge is 0.355 e. The molecule has 140 valence electrons. The molecule has 1 saturated heterocycles. The van der Waals surface area contributed by atoms with Crippen LogP contribution in [0.4, 0.5) is 19.0 Å². The number of piperidine rings is 1. The van der Waals surface area contributed by atoms with Gasteiger partial charge in [0, 0.05) is 37.8 Å². The molecule has 1 unspecified atom stereocenters. The molecule has 0 aromatic carbocycles. The van der Waals surface area contributed by atoms with E-state index in [0.717, 1.165) is 12.3 Å². The molecule has 0 spiro atoms. The van der Waals surface area contributed by atoms with Crippen molar-refractivity contribution in [3.05, 3.63) is 22.8 Å². The van der Waals surface area contributed by atoms with E-state index in [1.807, 2.05) is 18.9 Å².